The van der Waals surface area contributed by atoms with E-state index in [2.05, 4.69) is 16.4 Å². The van der Waals surface area contributed by atoms with Crippen molar-refractivity contribution in [2.45, 2.75) is 6.42 Å². The summed E-state index contributed by atoms with van der Waals surface area (Å²) in [6.07, 6.45) is 6.54. The first-order valence-corrected chi connectivity index (χ1v) is 7.83. The zero-order valence-corrected chi connectivity index (χ0v) is 14.5. The monoisotopic (exact) mass is 367 g/mol. The summed E-state index contributed by atoms with van der Waals surface area (Å²) in [5.74, 6) is 2.99. The Morgan fingerprint density at radius 3 is 2.70 bits per heavy atom. The lowest BCUT2D eigenvalue weighted by molar-refractivity contribution is -0.384. The fraction of sp³-hybridized carbons (Fsp3) is 0.158. The standard InChI is InChI=1S/C19H17N3O5/c1-3-10-27-18-9-6-16(22(24)25)12-15(18)13-20-21-19(23)11-14-4-7-17(26-2)8-5-14/h1,4-9,12-13H,10-11H2,2H3,(H,21,23)/b20-13-. The van der Waals surface area contributed by atoms with Gasteiger partial charge >= 0.3 is 0 Å². The van der Waals surface area contributed by atoms with Gasteiger partial charge in [0.2, 0.25) is 5.91 Å². The SMILES string of the molecule is C#CCOc1ccc([N+](=O)[O-])cc1/C=N\NC(=O)Cc1ccc(OC)cc1. The van der Waals surface area contributed by atoms with E-state index in [1.807, 2.05) is 0 Å². The number of carbonyl (C=O) groups excluding carboxylic acids is 1. The number of nitrogens with zero attached hydrogens (tertiary/aromatic N) is 2. The number of nitrogens with one attached hydrogen (secondary N) is 1. The number of amides is 1. The zero-order valence-electron chi connectivity index (χ0n) is 14.5. The van der Waals surface area contributed by atoms with Gasteiger partial charge in [0.25, 0.3) is 5.69 Å². The molecule has 0 saturated heterocycles. The number of benzene rings is 2. The minimum Gasteiger partial charge on any atom is -0.497 e. The second kappa shape index (κ2) is 9.58. The van der Waals surface area contributed by atoms with E-state index in [-0.39, 0.29) is 24.6 Å². The summed E-state index contributed by atoms with van der Waals surface area (Å²) in [6.45, 7) is 0.00246. The first kappa shape index (κ1) is 19.5. The van der Waals surface area contributed by atoms with Crippen LogP contribution in [0, 0.1) is 22.5 Å². The van der Waals surface area contributed by atoms with Crippen molar-refractivity contribution in [2.24, 2.45) is 5.10 Å². The molecule has 0 spiro atoms. The van der Waals surface area contributed by atoms with Crippen LogP contribution in [0.2, 0.25) is 0 Å². The largest absolute Gasteiger partial charge is 0.497 e. The number of non-ortho nitro benzene ring substituents is 1. The minimum atomic E-state index is -0.537. The lowest BCUT2D eigenvalue weighted by Crippen LogP contribution is -2.19. The van der Waals surface area contributed by atoms with Gasteiger partial charge in [0.05, 0.1) is 24.7 Å². The number of nitro groups is 1. The number of methoxy groups -OCH3 is 1. The number of rotatable bonds is 8. The molecule has 138 valence electrons. The molecule has 0 saturated carbocycles. The highest BCUT2D eigenvalue weighted by molar-refractivity contribution is 5.86. The Bertz CT molecular complexity index is 885. The Kier molecular flexibility index (Phi) is 6.91. The predicted molar refractivity (Wildman–Crippen MR) is 99.9 cm³/mol. The molecule has 0 unspecified atom stereocenters. The summed E-state index contributed by atoms with van der Waals surface area (Å²) >= 11 is 0. The van der Waals surface area contributed by atoms with E-state index in [0.29, 0.717) is 17.1 Å². The average molecular weight is 367 g/mol. The Morgan fingerprint density at radius 1 is 1.33 bits per heavy atom. The maximum absolute atomic E-state index is 12.0. The van der Waals surface area contributed by atoms with Crippen molar-refractivity contribution in [1.29, 1.82) is 0 Å². The van der Waals surface area contributed by atoms with Crippen molar-refractivity contribution in [3.05, 3.63) is 63.7 Å². The van der Waals surface area contributed by atoms with E-state index < -0.39 is 4.92 Å². The third-order valence-electron chi connectivity index (χ3n) is 3.43. The molecule has 0 fully saturated rings. The van der Waals surface area contributed by atoms with Crippen LogP contribution < -0.4 is 14.9 Å². The van der Waals surface area contributed by atoms with E-state index in [1.165, 1.54) is 24.4 Å². The molecule has 0 radical (unpaired) electrons. The summed E-state index contributed by atoms with van der Waals surface area (Å²) < 4.78 is 10.4. The van der Waals surface area contributed by atoms with E-state index >= 15 is 0 Å². The molecule has 0 aliphatic rings. The fourth-order valence-electron chi connectivity index (χ4n) is 2.14. The Morgan fingerprint density at radius 2 is 2.07 bits per heavy atom. The Balaban J connectivity index is 2.04. The van der Waals surface area contributed by atoms with Crippen LogP contribution >= 0.6 is 0 Å². The van der Waals surface area contributed by atoms with Gasteiger partial charge in [-0.2, -0.15) is 5.10 Å². The van der Waals surface area contributed by atoms with Crippen molar-refractivity contribution < 1.29 is 19.2 Å². The van der Waals surface area contributed by atoms with Crippen LogP contribution in [0.25, 0.3) is 0 Å². The summed E-state index contributed by atoms with van der Waals surface area (Å²) in [4.78, 5) is 22.3. The number of ether oxygens (including phenoxy) is 2. The van der Waals surface area contributed by atoms with Crippen LogP contribution in [-0.2, 0) is 11.2 Å². The van der Waals surface area contributed by atoms with Crippen LogP contribution in [0.3, 0.4) is 0 Å². The highest BCUT2D eigenvalue weighted by Gasteiger charge is 2.11. The molecule has 2 rings (SSSR count). The molecule has 1 amide bonds. The summed E-state index contributed by atoms with van der Waals surface area (Å²) in [7, 11) is 1.56. The second-order valence-corrected chi connectivity index (χ2v) is 5.29. The molecule has 0 heterocycles. The van der Waals surface area contributed by atoms with Crippen LogP contribution in [0.15, 0.2) is 47.6 Å². The highest BCUT2D eigenvalue weighted by Crippen LogP contribution is 2.22. The van der Waals surface area contributed by atoms with Gasteiger partial charge in [-0.15, -0.1) is 6.42 Å². The molecule has 2 aromatic rings. The normalized spacial score (nSPS) is 10.2. The number of hydrogen-bond donors (Lipinski definition) is 1. The number of hydrazone groups is 1. The van der Waals surface area contributed by atoms with Gasteiger partial charge in [0.15, 0.2) is 0 Å². The molecular formula is C19H17N3O5. The van der Waals surface area contributed by atoms with Gasteiger partial charge in [0, 0.05) is 17.7 Å². The number of nitro benzene ring substituents is 1. The summed E-state index contributed by atoms with van der Waals surface area (Å²) in [6, 6.07) is 11.1. The first-order valence-electron chi connectivity index (χ1n) is 7.83. The van der Waals surface area contributed by atoms with Crippen LogP contribution in [-0.4, -0.2) is 30.8 Å². The quantitative estimate of drug-likeness (QED) is 0.334. The summed E-state index contributed by atoms with van der Waals surface area (Å²) in [5.41, 5.74) is 3.36. The predicted octanol–water partition coefficient (Wildman–Crippen LogP) is 2.31. The molecule has 0 atom stereocenters. The van der Waals surface area contributed by atoms with Crippen LogP contribution in [0.4, 0.5) is 5.69 Å². The highest BCUT2D eigenvalue weighted by atomic mass is 16.6. The second-order valence-electron chi connectivity index (χ2n) is 5.29. The van der Waals surface area contributed by atoms with Gasteiger partial charge in [0.1, 0.15) is 18.1 Å². The third-order valence-corrected chi connectivity index (χ3v) is 3.43. The van der Waals surface area contributed by atoms with E-state index in [9.17, 15) is 14.9 Å². The zero-order chi connectivity index (χ0) is 19.6. The van der Waals surface area contributed by atoms with Crippen LogP contribution in [0.5, 0.6) is 11.5 Å². The van der Waals surface area contributed by atoms with Gasteiger partial charge in [-0.05, 0) is 23.8 Å². The Hall–Kier alpha value is -3.86. The van der Waals surface area contributed by atoms with Crippen molar-refractivity contribution in [1.82, 2.24) is 5.43 Å². The van der Waals surface area contributed by atoms with Crippen LogP contribution in [0.1, 0.15) is 11.1 Å². The lowest BCUT2D eigenvalue weighted by atomic mass is 10.1. The molecule has 8 heteroatoms. The van der Waals surface area contributed by atoms with Gasteiger partial charge in [-0.25, -0.2) is 5.43 Å². The molecule has 2 aromatic carbocycles. The fourth-order valence-corrected chi connectivity index (χ4v) is 2.14. The number of hydrogen-bond acceptors (Lipinski definition) is 6. The van der Waals surface area contributed by atoms with Gasteiger partial charge in [-0.3, -0.25) is 14.9 Å². The molecule has 0 aromatic heterocycles. The summed E-state index contributed by atoms with van der Waals surface area (Å²) in [5, 5.41) is 14.8. The molecule has 0 bridgehead atoms. The maximum atomic E-state index is 12.0. The molecule has 1 N–H and O–H groups in total. The number of carbonyl (C=O) groups is 1. The smallest absolute Gasteiger partial charge is 0.270 e. The average Bonchev–Trinajstić information content (AvgIpc) is 2.67. The van der Waals surface area contributed by atoms with Gasteiger partial charge < -0.3 is 9.47 Å². The molecule has 0 aliphatic carbocycles. The molecule has 27 heavy (non-hydrogen) atoms. The van der Waals surface area contributed by atoms with E-state index in [1.54, 1.807) is 31.4 Å². The topological polar surface area (TPSA) is 103 Å². The van der Waals surface area contributed by atoms with Crippen molar-refractivity contribution in [2.75, 3.05) is 13.7 Å². The van der Waals surface area contributed by atoms with Gasteiger partial charge in [-0.1, -0.05) is 18.1 Å². The van der Waals surface area contributed by atoms with Crippen molar-refractivity contribution in [3.8, 4) is 23.8 Å². The molecule has 8 nitrogen and oxygen atoms in total. The minimum absolute atomic E-state index is 0.00246. The van der Waals surface area contributed by atoms with E-state index in [0.717, 1.165) is 5.56 Å². The van der Waals surface area contributed by atoms with E-state index in [4.69, 9.17) is 15.9 Å². The van der Waals surface area contributed by atoms with Crippen molar-refractivity contribution in [3.63, 3.8) is 0 Å². The molecule has 0 aliphatic heterocycles. The lowest BCUT2D eigenvalue weighted by Gasteiger charge is -2.06. The maximum Gasteiger partial charge on any atom is 0.270 e. The first-order chi connectivity index (χ1) is 13.0. The number of terminal acetylenes is 1. The Labute approximate surface area is 155 Å². The van der Waals surface area contributed by atoms with Crippen molar-refractivity contribution >= 4 is 17.8 Å². The third kappa shape index (κ3) is 5.86. The molecular weight excluding hydrogens is 350 g/mol.